The molecule has 0 unspecified atom stereocenters. The van der Waals surface area contributed by atoms with Gasteiger partial charge in [0.15, 0.2) is 0 Å². The summed E-state index contributed by atoms with van der Waals surface area (Å²) in [6.45, 7) is 0. The predicted octanol–water partition coefficient (Wildman–Crippen LogP) is -0.636. The summed E-state index contributed by atoms with van der Waals surface area (Å²) < 4.78 is 2.11. The van der Waals surface area contributed by atoms with Crippen LogP contribution in [0, 0.1) is 0 Å². The molecule has 0 fully saturated rings. The van der Waals surface area contributed by atoms with Crippen LogP contribution in [-0.4, -0.2) is 42.3 Å². The first kappa shape index (κ1) is 4.86. The molecule has 2 heteroatoms. The molecule has 0 radical (unpaired) electrons. The summed E-state index contributed by atoms with van der Waals surface area (Å²) in [6.07, 6.45) is 0. The minimum absolute atomic E-state index is 1.35. The van der Waals surface area contributed by atoms with Crippen molar-refractivity contribution in [3.05, 3.63) is 0 Å². The molecule has 0 aliphatic rings. The first-order chi connectivity index (χ1) is 1.73. The Morgan fingerprint density at radius 3 is 1.50 bits per heavy atom. The van der Waals surface area contributed by atoms with Crippen molar-refractivity contribution in [2.24, 2.45) is 0 Å². The topological polar surface area (TPSA) is 3.24 Å². The Morgan fingerprint density at radius 2 is 1.50 bits per heavy atom. The van der Waals surface area contributed by atoms with Crippen LogP contribution in [0.5, 0.6) is 0 Å². The Hall–Kier alpha value is 0.856. The zero-order valence-corrected chi connectivity index (χ0v) is 6.37. The normalized spacial score (nSPS) is 9.00. The van der Waals surface area contributed by atoms with E-state index < -0.39 is 0 Å². The number of hydrogen-bond acceptors (Lipinski definition) is 1. The van der Waals surface area contributed by atoms with Crippen LogP contribution in [0.15, 0.2) is 0 Å². The monoisotopic (exact) mass is 254 g/mol. The van der Waals surface area contributed by atoms with Gasteiger partial charge in [-0.05, 0) is 0 Å². The second kappa shape index (κ2) is 2.12. The molecular weight excluding hydrogens is 247 g/mol. The average Bonchev–Trinajstić information content (AvgIpc) is 0.811. The third-order valence-corrected chi connectivity index (χ3v) is 0. The van der Waals surface area contributed by atoms with Crippen LogP contribution in [0.4, 0.5) is 0 Å². The van der Waals surface area contributed by atoms with E-state index in [4.69, 9.17) is 0 Å². The molecule has 0 saturated carbocycles. The third kappa shape index (κ3) is 13.4. The van der Waals surface area contributed by atoms with Gasteiger partial charge in [0.1, 0.15) is 0 Å². The maximum absolute atomic E-state index is 2.11. The quantitative estimate of drug-likeness (QED) is 0.556. The second-order valence-electron chi connectivity index (χ2n) is 0.847. The van der Waals surface area contributed by atoms with Crippen LogP contribution in [0.3, 0.4) is 0 Å². The first-order valence-electron chi connectivity index (χ1n) is 1.09. The molecule has 0 aliphatic heterocycles. The fourth-order valence-electron chi connectivity index (χ4n) is 0. The number of rotatable bonds is 0. The summed E-state index contributed by atoms with van der Waals surface area (Å²) in [5.41, 5.74) is 0. The summed E-state index contributed by atoms with van der Waals surface area (Å²) in [5, 5.41) is 0. The van der Waals surface area contributed by atoms with E-state index in [-0.39, 0.29) is 0 Å². The van der Waals surface area contributed by atoms with Crippen molar-refractivity contribution in [3.8, 4) is 0 Å². The first-order valence-corrected chi connectivity index (χ1v) is 2.65. The Balaban J connectivity index is 2.32. The van der Waals surface area contributed by atoms with Crippen LogP contribution < -0.4 is 0 Å². The van der Waals surface area contributed by atoms with E-state index in [1.807, 2.05) is 14.1 Å². The van der Waals surface area contributed by atoms with Gasteiger partial charge in [-0.25, -0.2) is 0 Å². The number of hydrogen-bond donors (Lipinski definition) is 0. The van der Waals surface area contributed by atoms with E-state index in [2.05, 4.69) is 2.80 Å². The van der Waals surface area contributed by atoms with E-state index in [1.165, 1.54) is 25.4 Å². The van der Waals surface area contributed by atoms with E-state index >= 15 is 0 Å². The molecule has 0 aromatic rings. The summed E-state index contributed by atoms with van der Waals surface area (Å²) >= 11 is 1.35. The van der Waals surface area contributed by atoms with Crippen LogP contribution in [-0.2, 0) is 0 Å². The summed E-state index contributed by atoms with van der Waals surface area (Å²) in [4.78, 5) is 0. The van der Waals surface area contributed by atoms with Crippen LogP contribution in [0.2, 0.25) is 0 Å². The van der Waals surface area contributed by atoms with E-state index in [1.54, 1.807) is 0 Å². The molecule has 0 amide bonds. The van der Waals surface area contributed by atoms with Crippen molar-refractivity contribution in [2.45, 2.75) is 0 Å². The SMILES string of the molecule is C[N](C)[PoH]. The Morgan fingerprint density at radius 1 is 1.50 bits per heavy atom. The summed E-state index contributed by atoms with van der Waals surface area (Å²) in [6, 6.07) is 0. The van der Waals surface area contributed by atoms with E-state index in [0.717, 1.165) is 0 Å². The Bertz CT molecular complexity index is 10.8. The van der Waals surface area contributed by atoms with Gasteiger partial charge in [-0.15, -0.1) is 0 Å². The van der Waals surface area contributed by atoms with Crippen molar-refractivity contribution < 1.29 is 0 Å². The van der Waals surface area contributed by atoms with Crippen molar-refractivity contribution in [1.29, 1.82) is 0 Å². The van der Waals surface area contributed by atoms with E-state index in [0.29, 0.717) is 0 Å². The molecule has 0 aromatic carbocycles. The summed E-state index contributed by atoms with van der Waals surface area (Å²) in [7, 11) is 4.10. The third-order valence-electron chi connectivity index (χ3n) is 0. The van der Waals surface area contributed by atoms with Gasteiger partial charge in [-0.2, -0.15) is 0 Å². The molecule has 1 nitrogen and oxygen atoms in total. The molecule has 0 aliphatic carbocycles. The molecule has 0 rings (SSSR count). The van der Waals surface area contributed by atoms with Crippen molar-refractivity contribution >= 4 is 25.4 Å². The van der Waals surface area contributed by atoms with Crippen molar-refractivity contribution in [2.75, 3.05) is 14.1 Å². The molecule has 0 N–H and O–H groups in total. The van der Waals surface area contributed by atoms with Gasteiger partial charge in [0, 0.05) is 0 Å². The van der Waals surface area contributed by atoms with Gasteiger partial charge in [0.2, 0.25) is 0 Å². The van der Waals surface area contributed by atoms with Crippen LogP contribution >= 0.6 is 0 Å². The van der Waals surface area contributed by atoms with Gasteiger partial charge >= 0.3 is 42.3 Å². The van der Waals surface area contributed by atoms with Crippen molar-refractivity contribution in [1.82, 2.24) is 2.80 Å². The van der Waals surface area contributed by atoms with Crippen molar-refractivity contribution in [3.63, 3.8) is 0 Å². The molecule has 0 heterocycles. The predicted molar refractivity (Wildman–Crippen MR) is 20.8 cm³/mol. The van der Waals surface area contributed by atoms with Gasteiger partial charge < -0.3 is 0 Å². The molecular formula is C2H7NPo. The Kier molecular flexibility index (Phi) is 2.57. The zero-order chi connectivity index (χ0) is 3.58. The van der Waals surface area contributed by atoms with Gasteiger partial charge in [-0.3, -0.25) is 0 Å². The van der Waals surface area contributed by atoms with Crippen LogP contribution in [0.25, 0.3) is 0 Å². The maximum atomic E-state index is 2.11. The number of nitrogens with zero attached hydrogens (tertiary/aromatic N) is 1. The molecule has 0 atom stereocenters. The zero-order valence-electron chi connectivity index (χ0n) is 2.89. The average molecular weight is 254 g/mol. The molecule has 0 bridgehead atoms. The molecule has 0 spiro atoms. The van der Waals surface area contributed by atoms with E-state index in [9.17, 15) is 0 Å². The van der Waals surface area contributed by atoms with Gasteiger partial charge in [-0.1, -0.05) is 0 Å². The molecule has 0 saturated heterocycles. The molecule has 4 heavy (non-hydrogen) atoms. The molecule has 0 aromatic heterocycles. The minimum atomic E-state index is 1.35. The second-order valence-corrected chi connectivity index (χ2v) is 3.96. The Labute approximate surface area is 42.5 Å². The standard InChI is InChI=1S/C2H6N.Po.H/c1-3-2;;/h1-2H3;;/q-1;+1;. The van der Waals surface area contributed by atoms with Gasteiger partial charge in [0.25, 0.3) is 0 Å². The fourth-order valence-corrected chi connectivity index (χ4v) is 0. The summed E-state index contributed by atoms with van der Waals surface area (Å²) in [5.74, 6) is 0. The van der Waals surface area contributed by atoms with Crippen LogP contribution in [0.1, 0.15) is 0 Å². The fraction of sp³-hybridized carbons (Fsp3) is 1.00. The van der Waals surface area contributed by atoms with Gasteiger partial charge in [0.05, 0.1) is 0 Å². The molecule has 26 valence electrons.